The molecule has 1 aromatic rings. The number of carbonyl (C=O) groups excluding carboxylic acids is 2. The summed E-state index contributed by atoms with van der Waals surface area (Å²) >= 11 is 0. The summed E-state index contributed by atoms with van der Waals surface area (Å²) in [6, 6.07) is 7.87. The normalized spacial score (nSPS) is 15.4. The van der Waals surface area contributed by atoms with E-state index in [1.54, 1.807) is 7.11 Å². The molecule has 1 amide bonds. The Labute approximate surface area is 188 Å². The first-order valence-electron chi connectivity index (χ1n) is 10.7. The van der Waals surface area contributed by atoms with Crippen LogP contribution in [-0.2, 0) is 19.9 Å². The van der Waals surface area contributed by atoms with Crippen molar-refractivity contribution in [3.63, 3.8) is 0 Å². The van der Waals surface area contributed by atoms with Gasteiger partial charge < -0.3 is 30.8 Å². The number of methoxy groups -OCH3 is 1. The lowest BCUT2D eigenvalue weighted by Crippen LogP contribution is -2.42. The number of benzene rings is 1. The Morgan fingerprint density at radius 1 is 1.35 bits per heavy atom. The van der Waals surface area contributed by atoms with Crippen LogP contribution in [0.4, 0.5) is 5.69 Å². The van der Waals surface area contributed by atoms with E-state index in [0.29, 0.717) is 18.3 Å². The Morgan fingerprint density at radius 2 is 1.90 bits per heavy atom. The van der Waals surface area contributed by atoms with Crippen LogP contribution in [0.1, 0.15) is 46.1 Å². The molecule has 1 fully saturated rings. The first-order valence-corrected chi connectivity index (χ1v) is 10.7. The molecule has 4 N–H and O–H groups in total. The van der Waals surface area contributed by atoms with Gasteiger partial charge in [0, 0.05) is 33.5 Å². The number of nitrogens with zero attached hydrogens (tertiary/aromatic N) is 2. The van der Waals surface area contributed by atoms with E-state index < -0.39 is 5.54 Å². The highest BCUT2D eigenvalue weighted by Gasteiger charge is 2.37. The number of nitrogens with two attached hydrogens (primary N) is 1. The summed E-state index contributed by atoms with van der Waals surface area (Å²) in [5.74, 6) is 0.911. The Bertz CT molecular complexity index is 617. The van der Waals surface area contributed by atoms with Crippen LogP contribution >= 0.6 is 0 Å². The van der Waals surface area contributed by atoms with Crippen molar-refractivity contribution in [1.29, 1.82) is 0 Å². The molecular weight excluding hydrogens is 394 g/mol. The summed E-state index contributed by atoms with van der Waals surface area (Å²) in [7, 11) is 5.47. The summed E-state index contributed by atoms with van der Waals surface area (Å²) in [5, 5.41) is 6.11. The van der Waals surface area contributed by atoms with E-state index in [-0.39, 0.29) is 0 Å². The fourth-order valence-corrected chi connectivity index (χ4v) is 3.11. The van der Waals surface area contributed by atoms with E-state index >= 15 is 0 Å². The van der Waals surface area contributed by atoms with Crippen LogP contribution in [0.2, 0.25) is 0 Å². The highest BCUT2D eigenvalue weighted by molar-refractivity contribution is 5.78. The molecule has 1 aromatic carbocycles. The molecule has 31 heavy (non-hydrogen) atoms. The van der Waals surface area contributed by atoms with Crippen LogP contribution in [0, 0.1) is 5.92 Å². The lowest BCUT2D eigenvalue weighted by Gasteiger charge is -2.38. The number of ether oxygens (including phenoxy) is 1. The molecule has 1 aliphatic rings. The number of amides is 1. The topological polar surface area (TPSA) is 109 Å². The van der Waals surface area contributed by atoms with Gasteiger partial charge in [0.2, 0.25) is 6.41 Å². The van der Waals surface area contributed by atoms with Crippen LogP contribution in [0.3, 0.4) is 0 Å². The third kappa shape index (κ3) is 10.9. The lowest BCUT2D eigenvalue weighted by molar-refractivity contribution is -0.105. The van der Waals surface area contributed by atoms with Crippen molar-refractivity contribution in [2.75, 3.05) is 46.2 Å². The van der Waals surface area contributed by atoms with Crippen molar-refractivity contribution in [3.8, 4) is 0 Å². The molecule has 8 nitrogen and oxygen atoms in total. The highest BCUT2D eigenvalue weighted by atomic mass is 16.5. The number of hydrogen-bond donors (Lipinski definition) is 3. The van der Waals surface area contributed by atoms with Crippen LogP contribution in [0.5, 0.6) is 0 Å². The minimum atomic E-state index is -0.420. The third-order valence-corrected chi connectivity index (χ3v) is 4.90. The molecule has 0 aromatic heterocycles. The van der Waals surface area contributed by atoms with Gasteiger partial charge in [-0.25, -0.2) is 4.99 Å². The number of rotatable bonds is 6. The monoisotopic (exact) mass is 437 g/mol. The first-order chi connectivity index (χ1) is 14.9. The van der Waals surface area contributed by atoms with Crippen molar-refractivity contribution < 1.29 is 14.3 Å². The third-order valence-electron chi connectivity index (χ3n) is 4.90. The van der Waals surface area contributed by atoms with Crippen molar-refractivity contribution in [3.05, 3.63) is 29.8 Å². The molecule has 0 aliphatic carbocycles. The largest absolute Gasteiger partial charge is 0.385 e. The first kappa shape index (κ1) is 30.7. The molecule has 1 aliphatic heterocycles. The maximum absolute atomic E-state index is 10.7. The van der Waals surface area contributed by atoms with Crippen LogP contribution in [-0.4, -0.2) is 65.0 Å². The predicted octanol–water partition coefficient (Wildman–Crippen LogP) is 2.84. The van der Waals surface area contributed by atoms with Gasteiger partial charge in [0.05, 0.1) is 5.54 Å². The van der Waals surface area contributed by atoms with Crippen molar-refractivity contribution in [2.45, 2.75) is 46.1 Å². The van der Waals surface area contributed by atoms with Gasteiger partial charge in [0.1, 0.15) is 6.79 Å². The average Bonchev–Trinajstić information content (AvgIpc) is 2.82. The molecule has 0 radical (unpaired) electrons. The summed E-state index contributed by atoms with van der Waals surface area (Å²) in [4.78, 5) is 25.4. The predicted molar refractivity (Wildman–Crippen MR) is 130 cm³/mol. The number of hydrogen-bond acceptors (Lipinski definition) is 5. The maximum Gasteiger partial charge on any atom is 0.211 e. The molecule has 0 spiro atoms. The minimum absolute atomic E-state index is 0.397. The smallest absolute Gasteiger partial charge is 0.211 e. The van der Waals surface area contributed by atoms with Gasteiger partial charge in [-0.3, -0.25) is 4.79 Å². The molecule has 1 saturated heterocycles. The number of guanidine groups is 1. The van der Waals surface area contributed by atoms with Crippen molar-refractivity contribution >= 4 is 24.8 Å². The molecule has 8 heteroatoms. The summed E-state index contributed by atoms with van der Waals surface area (Å²) < 4.78 is 4.54. The zero-order chi connectivity index (χ0) is 24.3. The molecule has 2 rings (SSSR count). The van der Waals surface area contributed by atoms with Crippen molar-refractivity contribution in [2.24, 2.45) is 16.6 Å². The Balaban J connectivity index is 0. The molecule has 1 unspecified atom stereocenters. The number of anilines is 1. The van der Waals surface area contributed by atoms with Crippen LogP contribution in [0.15, 0.2) is 29.3 Å². The fourth-order valence-electron chi connectivity index (χ4n) is 3.11. The zero-order valence-corrected chi connectivity index (χ0v) is 20.4. The van der Waals surface area contributed by atoms with E-state index in [1.165, 1.54) is 0 Å². The van der Waals surface area contributed by atoms with Gasteiger partial charge in [0.15, 0.2) is 5.96 Å². The molecule has 1 heterocycles. The second-order valence-corrected chi connectivity index (χ2v) is 6.96. The summed E-state index contributed by atoms with van der Waals surface area (Å²) in [6.07, 6.45) is 2.79. The summed E-state index contributed by atoms with van der Waals surface area (Å²) in [5.41, 5.74) is 7.56. The maximum atomic E-state index is 10.7. The fraction of sp³-hybridized carbons (Fsp3) is 0.609. The van der Waals surface area contributed by atoms with E-state index in [9.17, 15) is 4.79 Å². The number of nitrogens with one attached hydrogen (secondary N) is 2. The number of piperidine rings is 1. The standard InChI is InChI=1S/C17H27N5O.C3H8O.C2H6.CH2O/c1-17(21-16(18)22(2)3,13-7-9-19-10-8-13)14-5-4-6-15(11-14)20-12-23;1-3-4-2;2*1-2/h4-6,11-13,19H,7-10H2,1-3H3,(H2,18,21)(H,20,23);3H2,1-2H3;1-2H3;1H2. The molecule has 0 bridgehead atoms. The molecule has 1 atom stereocenters. The molecular formula is C23H43N5O3. The Hall–Kier alpha value is -2.45. The molecule has 0 saturated carbocycles. The second-order valence-electron chi connectivity index (χ2n) is 6.96. The van der Waals surface area contributed by atoms with Crippen LogP contribution in [0.25, 0.3) is 0 Å². The Kier molecular flexibility index (Phi) is 18.2. The van der Waals surface area contributed by atoms with Crippen molar-refractivity contribution in [1.82, 2.24) is 10.2 Å². The minimum Gasteiger partial charge on any atom is -0.385 e. The number of aliphatic imine (C=N–C) groups is 1. The van der Waals surface area contributed by atoms with Crippen LogP contribution < -0.4 is 16.4 Å². The van der Waals surface area contributed by atoms with E-state index in [1.807, 2.05) is 64.8 Å². The summed E-state index contributed by atoms with van der Waals surface area (Å²) in [6.45, 7) is 12.9. The van der Waals surface area contributed by atoms with Gasteiger partial charge >= 0.3 is 0 Å². The quantitative estimate of drug-likeness (QED) is 0.359. The zero-order valence-electron chi connectivity index (χ0n) is 20.4. The SMILES string of the molecule is C=O.CC.CCOC.CN(C)C(N)=NC(C)(c1cccc(NC=O)c1)C1CCNCC1. The van der Waals surface area contributed by atoms with Gasteiger partial charge in [0.25, 0.3) is 0 Å². The van der Waals surface area contributed by atoms with E-state index in [4.69, 9.17) is 15.5 Å². The highest BCUT2D eigenvalue weighted by Crippen LogP contribution is 2.39. The van der Waals surface area contributed by atoms with Gasteiger partial charge in [-0.05, 0) is 63.4 Å². The average molecular weight is 438 g/mol. The van der Waals surface area contributed by atoms with Gasteiger partial charge in [-0.1, -0.05) is 26.0 Å². The number of carbonyl (C=O) groups is 2. The van der Waals surface area contributed by atoms with Gasteiger partial charge in [-0.15, -0.1) is 0 Å². The van der Waals surface area contributed by atoms with Gasteiger partial charge in [-0.2, -0.15) is 0 Å². The van der Waals surface area contributed by atoms with E-state index in [2.05, 4.69) is 28.4 Å². The lowest BCUT2D eigenvalue weighted by atomic mass is 9.75. The Morgan fingerprint density at radius 3 is 2.35 bits per heavy atom. The second kappa shape index (κ2) is 18.3. The molecule has 178 valence electrons. The van der Waals surface area contributed by atoms with E-state index in [0.717, 1.165) is 43.8 Å².